The van der Waals surface area contributed by atoms with Crippen LogP contribution in [0.1, 0.15) is 19.8 Å². The van der Waals surface area contributed by atoms with Crippen LogP contribution in [-0.4, -0.2) is 16.0 Å². The zero-order valence-corrected chi connectivity index (χ0v) is 13.2. The summed E-state index contributed by atoms with van der Waals surface area (Å²) in [5.74, 6) is 0.571. The van der Waals surface area contributed by atoms with Crippen LogP contribution in [0.5, 0.6) is 5.75 Å². The minimum absolute atomic E-state index is 0.0514. The van der Waals surface area contributed by atoms with Gasteiger partial charge in [-0.05, 0) is 37.5 Å². The standard InChI is InChI=1S/C15H16Cl2N2O2/c1-2-21-12-9-10(5-6-11(12)16)13-14(17)18-7-3-4-8-19(18)15(13)20/h5-6,9H,2-4,7-8H2,1H3. The predicted octanol–water partition coefficient (Wildman–Crippen LogP) is 3.82. The van der Waals surface area contributed by atoms with Crippen LogP contribution in [-0.2, 0) is 13.1 Å². The van der Waals surface area contributed by atoms with Crippen LogP contribution in [0.2, 0.25) is 10.2 Å². The van der Waals surface area contributed by atoms with E-state index in [2.05, 4.69) is 0 Å². The maximum absolute atomic E-state index is 12.6. The molecule has 0 bridgehead atoms. The second-order valence-corrected chi connectivity index (χ2v) is 5.77. The molecule has 0 saturated carbocycles. The average molecular weight is 327 g/mol. The lowest BCUT2D eigenvalue weighted by Crippen LogP contribution is -2.27. The summed E-state index contributed by atoms with van der Waals surface area (Å²) in [6.07, 6.45) is 2.04. The Morgan fingerprint density at radius 3 is 2.57 bits per heavy atom. The zero-order valence-electron chi connectivity index (χ0n) is 11.7. The molecule has 0 radical (unpaired) electrons. The first kappa shape index (κ1) is 14.5. The molecule has 2 aromatic rings. The number of benzene rings is 1. The van der Waals surface area contributed by atoms with Crippen molar-refractivity contribution in [2.45, 2.75) is 32.9 Å². The molecule has 0 N–H and O–H groups in total. The molecule has 0 aliphatic carbocycles. The number of rotatable bonds is 3. The van der Waals surface area contributed by atoms with Crippen molar-refractivity contribution in [3.8, 4) is 16.9 Å². The van der Waals surface area contributed by atoms with Gasteiger partial charge in [-0.25, -0.2) is 4.68 Å². The van der Waals surface area contributed by atoms with Gasteiger partial charge >= 0.3 is 0 Å². The Hall–Kier alpha value is -1.39. The van der Waals surface area contributed by atoms with Gasteiger partial charge in [-0.15, -0.1) is 0 Å². The molecule has 1 aliphatic heterocycles. The SMILES string of the molecule is CCOc1cc(-c2c(Cl)n3n(c2=O)CCCC3)ccc1Cl. The third-order valence-corrected chi connectivity index (χ3v) is 4.38. The quantitative estimate of drug-likeness (QED) is 0.859. The Bertz CT molecular complexity index is 734. The van der Waals surface area contributed by atoms with Crippen LogP contribution < -0.4 is 10.3 Å². The summed E-state index contributed by atoms with van der Waals surface area (Å²) in [4.78, 5) is 12.6. The number of hydrogen-bond acceptors (Lipinski definition) is 2. The molecule has 0 unspecified atom stereocenters. The Kier molecular flexibility index (Phi) is 4.00. The van der Waals surface area contributed by atoms with E-state index < -0.39 is 0 Å². The third kappa shape index (κ3) is 2.47. The van der Waals surface area contributed by atoms with Gasteiger partial charge in [0.25, 0.3) is 5.56 Å². The van der Waals surface area contributed by atoms with Crippen molar-refractivity contribution in [2.24, 2.45) is 0 Å². The van der Waals surface area contributed by atoms with Crippen LogP contribution in [0.15, 0.2) is 23.0 Å². The lowest BCUT2D eigenvalue weighted by Gasteiger charge is -2.17. The lowest BCUT2D eigenvalue weighted by atomic mass is 10.1. The van der Waals surface area contributed by atoms with E-state index in [1.165, 1.54) is 0 Å². The van der Waals surface area contributed by atoms with Gasteiger partial charge in [0.15, 0.2) is 0 Å². The topological polar surface area (TPSA) is 36.2 Å². The van der Waals surface area contributed by atoms with E-state index in [4.69, 9.17) is 27.9 Å². The molecule has 0 spiro atoms. The highest BCUT2D eigenvalue weighted by Crippen LogP contribution is 2.33. The normalized spacial score (nSPS) is 14.0. The molecule has 1 aromatic heterocycles. The minimum atomic E-state index is -0.0514. The molecule has 2 heterocycles. The smallest absolute Gasteiger partial charge is 0.276 e. The highest BCUT2D eigenvalue weighted by Gasteiger charge is 2.22. The lowest BCUT2D eigenvalue weighted by molar-refractivity contribution is 0.340. The highest BCUT2D eigenvalue weighted by atomic mass is 35.5. The van der Waals surface area contributed by atoms with Crippen LogP contribution in [0.25, 0.3) is 11.1 Å². The highest BCUT2D eigenvalue weighted by molar-refractivity contribution is 6.33. The molecule has 21 heavy (non-hydrogen) atoms. The summed E-state index contributed by atoms with van der Waals surface area (Å²) in [5, 5.41) is 1.02. The maximum atomic E-state index is 12.6. The Balaban J connectivity index is 2.15. The summed E-state index contributed by atoms with van der Waals surface area (Å²) >= 11 is 12.5. The van der Waals surface area contributed by atoms with E-state index in [9.17, 15) is 4.79 Å². The molecule has 1 aliphatic rings. The second kappa shape index (κ2) is 5.78. The third-order valence-electron chi connectivity index (χ3n) is 3.68. The van der Waals surface area contributed by atoms with Gasteiger partial charge in [0, 0.05) is 13.1 Å². The summed E-state index contributed by atoms with van der Waals surface area (Å²) in [5.41, 5.74) is 1.22. The molecule has 0 amide bonds. The van der Waals surface area contributed by atoms with Gasteiger partial charge in [-0.2, -0.15) is 0 Å². The number of ether oxygens (including phenoxy) is 1. The number of halogens is 2. The fraction of sp³-hybridized carbons (Fsp3) is 0.400. The number of nitrogens with zero attached hydrogens (tertiary/aromatic N) is 2. The van der Waals surface area contributed by atoms with E-state index in [1.54, 1.807) is 22.9 Å². The van der Waals surface area contributed by atoms with E-state index in [-0.39, 0.29) is 5.56 Å². The number of fused-ring (bicyclic) bond motifs is 1. The first-order valence-electron chi connectivity index (χ1n) is 7.05. The maximum Gasteiger partial charge on any atom is 0.276 e. The average Bonchev–Trinajstić information content (AvgIpc) is 2.74. The monoisotopic (exact) mass is 326 g/mol. The van der Waals surface area contributed by atoms with Gasteiger partial charge in [-0.1, -0.05) is 29.3 Å². The number of aromatic nitrogens is 2. The molecule has 3 rings (SSSR count). The Morgan fingerprint density at radius 2 is 1.90 bits per heavy atom. The zero-order chi connectivity index (χ0) is 15.0. The number of hydrogen-bond donors (Lipinski definition) is 0. The van der Waals surface area contributed by atoms with Gasteiger partial charge in [0.1, 0.15) is 10.9 Å². The van der Waals surface area contributed by atoms with E-state index >= 15 is 0 Å². The molecule has 1 aromatic carbocycles. The molecular formula is C15H16Cl2N2O2. The van der Waals surface area contributed by atoms with Crippen LogP contribution in [0, 0.1) is 0 Å². The molecule has 112 valence electrons. The van der Waals surface area contributed by atoms with Crippen molar-refractivity contribution in [3.05, 3.63) is 38.7 Å². The van der Waals surface area contributed by atoms with Crippen molar-refractivity contribution in [2.75, 3.05) is 6.61 Å². The van der Waals surface area contributed by atoms with Gasteiger partial charge in [-0.3, -0.25) is 9.48 Å². The van der Waals surface area contributed by atoms with Crippen molar-refractivity contribution in [1.29, 1.82) is 0 Å². The fourth-order valence-corrected chi connectivity index (χ4v) is 3.23. The second-order valence-electron chi connectivity index (χ2n) is 5.00. The van der Waals surface area contributed by atoms with E-state index in [1.807, 2.05) is 11.6 Å². The minimum Gasteiger partial charge on any atom is -0.492 e. The van der Waals surface area contributed by atoms with Crippen molar-refractivity contribution < 1.29 is 4.74 Å². The fourth-order valence-electron chi connectivity index (χ4n) is 2.69. The molecule has 0 saturated heterocycles. The van der Waals surface area contributed by atoms with Gasteiger partial charge in [0.05, 0.1) is 17.2 Å². The van der Waals surface area contributed by atoms with Crippen molar-refractivity contribution in [3.63, 3.8) is 0 Å². The van der Waals surface area contributed by atoms with Crippen molar-refractivity contribution >= 4 is 23.2 Å². The molecule has 6 heteroatoms. The van der Waals surface area contributed by atoms with Gasteiger partial charge < -0.3 is 4.74 Å². The summed E-state index contributed by atoms with van der Waals surface area (Å²) in [6.45, 7) is 3.90. The van der Waals surface area contributed by atoms with Crippen LogP contribution >= 0.6 is 23.2 Å². The molecule has 0 fully saturated rings. The summed E-state index contributed by atoms with van der Waals surface area (Å²) < 4.78 is 9.07. The van der Waals surface area contributed by atoms with E-state index in [0.29, 0.717) is 34.6 Å². The predicted molar refractivity (Wildman–Crippen MR) is 84.6 cm³/mol. The first-order valence-corrected chi connectivity index (χ1v) is 7.81. The van der Waals surface area contributed by atoms with Crippen molar-refractivity contribution in [1.82, 2.24) is 9.36 Å². The Labute approximate surface area is 132 Å². The molecule has 4 nitrogen and oxygen atoms in total. The van der Waals surface area contributed by atoms with Gasteiger partial charge in [0.2, 0.25) is 0 Å². The first-order chi connectivity index (χ1) is 10.1. The largest absolute Gasteiger partial charge is 0.492 e. The summed E-state index contributed by atoms with van der Waals surface area (Å²) in [6, 6.07) is 5.32. The van der Waals surface area contributed by atoms with Crippen LogP contribution in [0.4, 0.5) is 0 Å². The Morgan fingerprint density at radius 1 is 1.19 bits per heavy atom. The molecule has 0 atom stereocenters. The molecular weight excluding hydrogens is 311 g/mol. The van der Waals surface area contributed by atoms with Crippen LogP contribution in [0.3, 0.4) is 0 Å². The summed E-state index contributed by atoms with van der Waals surface area (Å²) in [7, 11) is 0. The van der Waals surface area contributed by atoms with E-state index in [0.717, 1.165) is 24.9 Å².